The standard InChI is InChI=1S/C18H26O2.C14H18O3.C13H18O5/c1-6-17(2,3)16(19)20-18(4,5)15-11-13-9-7-8-10-14(13)12-15;1-3-9(2)14(16)17-13-7-10-4-5-12(15)6-11(10)8-13;1-4-13(2,3)12(15)18-9-7-5-6-8(16-7)10(9)17-11(6)14/h7-10,15H,6,11-12H2,1-5H3;4-6,9,13,15H,3,7-8H2,1-2H3;6-10H,4-5H2,1-3H3. The first kappa shape index (κ1) is 42.2. The minimum atomic E-state index is -0.510. The van der Waals surface area contributed by atoms with E-state index in [1.807, 2.05) is 75.3 Å². The zero-order chi connectivity index (χ0) is 40.5. The molecule has 0 radical (unpaired) electrons. The summed E-state index contributed by atoms with van der Waals surface area (Å²) in [4.78, 5) is 47.6. The van der Waals surface area contributed by atoms with Gasteiger partial charge in [0.15, 0.2) is 12.2 Å². The number of carbonyl (C=O) groups excluding carboxylic acids is 4. The summed E-state index contributed by atoms with van der Waals surface area (Å²) in [7, 11) is 0. The number of ether oxygens (including phenoxy) is 5. The molecule has 55 heavy (non-hydrogen) atoms. The van der Waals surface area contributed by atoms with Gasteiger partial charge in [-0.1, -0.05) is 58.0 Å². The van der Waals surface area contributed by atoms with Crippen LogP contribution < -0.4 is 0 Å². The summed E-state index contributed by atoms with van der Waals surface area (Å²) in [5, 5.41) is 9.38. The maximum absolute atomic E-state index is 12.3. The van der Waals surface area contributed by atoms with Gasteiger partial charge in [-0.3, -0.25) is 19.2 Å². The second-order valence-corrected chi connectivity index (χ2v) is 17.8. The third kappa shape index (κ3) is 9.38. The second-order valence-electron chi connectivity index (χ2n) is 17.8. The summed E-state index contributed by atoms with van der Waals surface area (Å²) in [6.07, 6.45) is 5.16. The van der Waals surface area contributed by atoms with Crippen LogP contribution >= 0.6 is 0 Å². The van der Waals surface area contributed by atoms with Crippen molar-refractivity contribution in [1.82, 2.24) is 0 Å². The summed E-state index contributed by atoms with van der Waals surface area (Å²) >= 11 is 0. The normalized spacial score (nSPS) is 25.4. The maximum atomic E-state index is 12.3. The molecule has 3 saturated heterocycles. The van der Waals surface area contributed by atoms with Gasteiger partial charge < -0.3 is 28.8 Å². The summed E-state index contributed by atoms with van der Waals surface area (Å²) < 4.78 is 27.8. The Balaban J connectivity index is 0.000000159. The van der Waals surface area contributed by atoms with Gasteiger partial charge in [-0.25, -0.2) is 0 Å². The molecular weight excluding hydrogens is 700 g/mol. The van der Waals surface area contributed by atoms with E-state index >= 15 is 0 Å². The zero-order valence-corrected chi connectivity index (χ0v) is 34.4. The van der Waals surface area contributed by atoms with E-state index in [1.165, 1.54) is 16.7 Å². The van der Waals surface area contributed by atoms with Crippen molar-refractivity contribution >= 4 is 23.9 Å². The SMILES string of the molecule is CCC(C)(C)C(=O)OC(C)(C)C1Cc2ccccc2C1.CCC(C)(C)C(=O)OC1C2CC3C(=O)OC1C3O2.CCC(C)C(=O)OC1Cc2ccc(O)cc2C1. The van der Waals surface area contributed by atoms with Gasteiger partial charge in [-0.05, 0) is 114 Å². The lowest BCUT2D eigenvalue weighted by atomic mass is 9.86. The highest BCUT2D eigenvalue weighted by Crippen LogP contribution is 2.48. The molecule has 10 nitrogen and oxygen atoms in total. The Hall–Kier alpha value is -3.92. The molecule has 10 heteroatoms. The molecule has 7 rings (SSSR count). The number of phenolic OH excluding ortho intramolecular Hbond substituents is 1. The van der Waals surface area contributed by atoms with Crippen molar-refractivity contribution in [2.75, 3.05) is 0 Å². The monoisotopic (exact) mass is 762 g/mol. The molecule has 3 heterocycles. The topological polar surface area (TPSA) is 135 Å². The van der Waals surface area contributed by atoms with E-state index in [9.17, 15) is 24.3 Å². The molecule has 3 fully saturated rings. The van der Waals surface area contributed by atoms with Crippen molar-refractivity contribution in [3.63, 3.8) is 0 Å². The average molecular weight is 763 g/mol. The largest absolute Gasteiger partial charge is 0.508 e. The number of esters is 4. The predicted octanol–water partition coefficient (Wildman–Crippen LogP) is 7.66. The van der Waals surface area contributed by atoms with Crippen LogP contribution in [0, 0.1) is 28.6 Å². The van der Waals surface area contributed by atoms with Gasteiger partial charge in [-0.2, -0.15) is 0 Å². The summed E-state index contributed by atoms with van der Waals surface area (Å²) in [6.45, 7) is 19.6. The van der Waals surface area contributed by atoms with Crippen molar-refractivity contribution in [2.24, 2.45) is 28.6 Å². The first-order valence-electron chi connectivity index (χ1n) is 20.2. The number of carbonyl (C=O) groups is 4. The van der Waals surface area contributed by atoms with Gasteiger partial charge >= 0.3 is 23.9 Å². The van der Waals surface area contributed by atoms with E-state index in [4.69, 9.17) is 23.7 Å². The third-order valence-electron chi connectivity index (χ3n) is 12.7. The highest BCUT2D eigenvalue weighted by Gasteiger charge is 2.65. The fraction of sp³-hybridized carbons (Fsp3) is 0.644. The predicted molar refractivity (Wildman–Crippen MR) is 207 cm³/mol. The Bertz CT molecular complexity index is 1700. The van der Waals surface area contributed by atoms with Crippen molar-refractivity contribution < 1.29 is 48.0 Å². The number of benzene rings is 2. The van der Waals surface area contributed by atoms with Crippen LogP contribution in [0.1, 0.15) is 117 Å². The van der Waals surface area contributed by atoms with Crippen LogP contribution in [-0.2, 0) is 68.5 Å². The van der Waals surface area contributed by atoms with Crippen molar-refractivity contribution in [2.45, 2.75) is 157 Å². The zero-order valence-electron chi connectivity index (χ0n) is 34.4. The van der Waals surface area contributed by atoms with Crippen molar-refractivity contribution in [3.05, 3.63) is 64.7 Å². The van der Waals surface area contributed by atoms with Crippen LogP contribution in [-0.4, -0.2) is 65.1 Å². The minimum Gasteiger partial charge on any atom is -0.508 e. The lowest BCUT2D eigenvalue weighted by Gasteiger charge is -2.34. The second kappa shape index (κ2) is 16.7. The molecule has 0 spiro atoms. The molecule has 1 N–H and O–H groups in total. The fourth-order valence-corrected chi connectivity index (χ4v) is 7.56. The van der Waals surface area contributed by atoms with E-state index in [2.05, 4.69) is 24.3 Å². The number of fused-ring (bicyclic) bond motifs is 3. The number of phenols is 1. The molecular formula is C45H62O10. The summed E-state index contributed by atoms with van der Waals surface area (Å²) in [6, 6.07) is 13.9. The van der Waals surface area contributed by atoms with Crippen molar-refractivity contribution in [1.29, 1.82) is 0 Å². The van der Waals surface area contributed by atoms with E-state index in [-0.39, 0.29) is 59.8 Å². The van der Waals surface area contributed by atoms with Crippen LogP contribution in [0.25, 0.3) is 0 Å². The van der Waals surface area contributed by atoms with Crippen LogP contribution in [0.15, 0.2) is 42.5 Å². The Morgan fingerprint density at radius 2 is 1.38 bits per heavy atom. The molecule has 2 aromatic carbocycles. The Morgan fingerprint density at radius 1 is 0.800 bits per heavy atom. The molecule has 7 unspecified atom stereocenters. The van der Waals surface area contributed by atoms with Gasteiger partial charge in [0.05, 0.1) is 28.8 Å². The fourth-order valence-electron chi connectivity index (χ4n) is 7.56. The quantitative estimate of drug-likeness (QED) is 0.190. The number of hydrogen-bond donors (Lipinski definition) is 1. The number of hydrogen-bond acceptors (Lipinski definition) is 10. The summed E-state index contributed by atoms with van der Waals surface area (Å²) in [5.41, 5.74) is 3.74. The molecule has 0 amide bonds. The highest BCUT2D eigenvalue weighted by atomic mass is 16.7. The Morgan fingerprint density at radius 3 is 1.98 bits per heavy atom. The molecule has 2 aromatic rings. The summed E-state index contributed by atoms with van der Waals surface area (Å²) in [5.74, 6) is -0.183. The molecule has 302 valence electrons. The molecule has 3 aliphatic heterocycles. The smallest absolute Gasteiger partial charge is 0.312 e. The van der Waals surface area contributed by atoms with Gasteiger partial charge in [0, 0.05) is 18.8 Å². The third-order valence-corrected chi connectivity index (χ3v) is 12.7. The Kier molecular flexibility index (Phi) is 12.8. The molecule has 5 aliphatic rings. The highest BCUT2D eigenvalue weighted by molar-refractivity contribution is 5.79. The Labute approximate surface area is 327 Å². The minimum absolute atomic E-state index is 0.0351. The molecule has 7 atom stereocenters. The lowest BCUT2D eigenvalue weighted by Crippen LogP contribution is -2.42. The van der Waals surface area contributed by atoms with Gasteiger partial charge in [0.25, 0.3) is 0 Å². The molecule has 2 bridgehead atoms. The molecule has 2 aliphatic carbocycles. The number of rotatable bonds is 10. The molecule has 0 aromatic heterocycles. The first-order valence-corrected chi connectivity index (χ1v) is 20.2. The van der Waals surface area contributed by atoms with E-state index in [1.54, 1.807) is 12.1 Å². The van der Waals surface area contributed by atoms with Crippen LogP contribution in [0.3, 0.4) is 0 Å². The van der Waals surface area contributed by atoms with Gasteiger partial charge in [0.2, 0.25) is 0 Å². The van der Waals surface area contributed by atoms with Crippen molar-refractivity contribution in [3.8, 4) is 5.75 Å². The average Bonchev–Trinajstić information content (AvgIpc) is 3.96. The van der Waals surface area contributed by atoms with Gasteiger partial charge in [0.1, 0.15) is 23.6 Å². The van der Waals surface area contributed by atoms with E-state index < -0.39 is 28.6 Å². The van der Waals surface area contributed by atoms with Crippen LogP contribution in [0.5, 0.6) is 5.75 Å². The molecule has 0 saturated carbocycles. The van der Waals surface area contributed by atoms with Crippen LogP contribution in [0.2, 0.25) is 0 Å². The number of aromatic hydroxyl groups is 1. The first-order chi connectivity index (χ1) is 25.8. The van der Waals surface area contributed by atoms with Crippen LogP contribution in [0.4, 0.5) is 0 Å². The van der Waals surface area contributed by atoms with E-state index in [0.717, 1.165) is 37.7 Å². The van der Waals surface area contributed by atoms with E-state index in [0.29, 0.717) is 25.2 Å². The maximum Gasteiger partial charge on any atom is 0.312 e. The van der Waals surface area contributed by atoms with Gasteiger partial charge in [-0.15, -0.1) is 0 Å². The lowest BCUT2D eigenvalue weighted by molar-refractivity contribution is -0.172.